The molecule has 4 nitrogen and oxygen atoms in total. The molecule has 18 heavy (non-hydrogen) atoms. The van der Waals surface area contributed by atoms with Crippen LogP contribution in [0.2, 0.25) is 10.0 Å². The van der Waals surface area contributed by atoms with Gasteiger partial charge in [-0.25, -0.2) is 5.84 Å². The minimum atomic E-state index is 0.426. The van der Waals surface area contributed by atoms with E-state index in [0.717, 1.165) is 4.47 Å². The van der Waals surface area contributed by atoms with Gasteiger partial charge in [0, 0.05) is 11.0 Å². The van der Waals surface area contributed by atoms with Gasteiger partial charge in [0.15, 0.2) is 0 Å². The number of aliphatic imine (C=N–C) groups is 1. The van der Waals surface area contributed by atoms with Crippen molar-refractivity contribution in [3.8, 4) is 0 Å². The van der Waals surface area contributed by atoms with Crippen molar-refractivity contribution in [1.29, 1.82) is 0 Å². The molecule has 1 rings (SSSR count). The van der Waals surface area contributed by atoms with Gasteiger partial charge in [-0.15, -0.1) is 0 Å². The van der Waals surface area contributed by atoms with Crippen molar-refractivity contribution in [1.82, 2.24) is 5.43 Å². The van der Waals surface area contributed by atoms with Crippen LogP contribution < -0.4 is 16.6 Å². The lowest BCUT2D eigenvalue weighted by molar-refractivity contribution is 0.663. The number of nitrogens with one attached hydrogen (secondary N) is 2. The molecule has 0 aliphatic carbocycles. The molecule has 7 heteroatoms. The van der Waals surface area contributed by atoms with Gasteiger partial charge < -0.3 is 5.32 Å². The molecule has 0 saturated carbocycles. The third kappa shape index (κ3) is 4.65. The predicted octanol–water partition coefficient (Wildman–Crippen LogP) is 3.64. The predicted molar refractivity (Wildman–Crippen MR) is 82.2 cm³/mol. The van der Waals surface area contributed by atoms with Crippen LogP contribution >= 0.6 is 39.1 Å². The molecular formula is C11H15BrCl2N4. The van der Waals surface area contributed by atoms with Crippen molar-refractivity contribution in [3.63, 3.8) is 0 Å². The molecule has 100 valence electrons. The third-order valence-electron chi connectivity index (χ3n) is 2.00. The van der Waals surface area contributed by atoms with Gasteiger partial charge in [0.05, 0.1) is 15.7 Å². The largest absolute Gasteiger partial charge is 0.323 e. The van der Waals surface area contributed by atoms with Gasteiger partial charge in [-0.1, -0.05) is 53.0 Å². The van der Waals surface area contributed by atoms with Gasteiger partial charge >= 0.3 is 0 Å². The van der Waals surface area contributed by atoms with E-state index in [9.17, 15) is 0 Å². The number of hydrogen-bond donors (Lipinski definition) is 3. The smallest absolute Gasteiger partial charge is 0.210 e. The fourth-order valence-corrected chi connectivity index (χ4v) is 2.48. The second-order valence-electron chi connectivity index (χ2n) is 4.10. The number of anilines is 1. The number of hydrogen-bond acceptors (Lipinski definition) is 2. The lowest BCUT2D eigenvalue weighted by Crippen LogP contribution is -2.36. The van der Waals surface area contributed by atoms with Gasteiger partial charge in [-0.2, -0.15) is 0 Å². The summed E-state index contributed by atoms with van der Waals surface area (Å²) in [5, 5.41) is 3.95. The number of rotatable bonds is 3. The SMILES string of the molecule is CC(C)CN=C(NN)Nc1c(Cl)cc(Br)cc1Cl. The summed E-state index contributed by atoms with van der Waals surface area (Å²) in [4.78, 5) is 4.28. The number of hydrazine groups is 1. The van der Waals surface area contributed by atoms with E-state index in [1.54, 1.807) is 12.1 Å². The van der Waals surface area contributed by atoms with Crippen molar-refractivity contribution < 1.29 is 0 Å². The van der Waals surface area contributed by atoms with E-state index < -0.39 is 0 Å². The van der Waals surface area contributed by atoms with Crippen LogP contribution in [0.1, 0.15) is 13.8 Å². The summed E-state index contributed by atoms with van der Waals surface area (Å²) in [5.41, 5.74) is 3.06. The highest BCUT2D eigenvalue weighted by molar-refractivity contribution is 9.10. The molecule has 0 aliphatic rings. The van der Waals surface area contributed by atoms with Crippen LogP contribution in [0.25, 0.3) is 0 Å². The fourth-order valence-electron chi connectivity index (χ4n) is 1.18. The van der Waals surface area contributed by atoms with Gasteiger partial charge in [0.25, 0.3) is 0 Å². The Morgan fingerprint density at radius 1 is 1.39 bits per heavy atom. The minimum absolute atomic E-state index is 0.426. The molecule has 0 amide bonds. The first kappa shape index (κ1) is 15.6. The molecule has 1 aromatic rings. The van der Waals surface area contributed by atoms with Crippen LogP contribution in [0, 0.1) is 5.92 Å². The summed E-state index contributed by atoms with van der Waals surface area (Å²) < 4.78 is 0.810. The maximum Gasteiger partial charge on any atom is 0.210 e. The highest BCUT2D eigenvalue weighted by Gasteiger charge is 2.09. The first-order chi connectivity index (χ1) is 8.43. The van der Waals surface area contributed by atoms with Crippen LogP contribution in [-0.4, -0.2) is 12.5 Å². The number of halogens is 3. The van der Waals surface area contributed by atoms with E-state index in [1.807, 2.05) is 0 Å². The van der Waals surface area contributed by atoms with Crippen molar-refractivity contribution >= 4 is 50.8 Å². The molecular weight excluding hydrogens is 339 g/mol. The Hall–Kier alpha value is -0.490. The van der Waals surface area contributed by atoms with Crippen molar-refractivity contribution in [2.75, 3.05) is 11.9 Å². The first-order valence-corrected chi connectivity index (χ1v) is 6.91. The molecule has 0 atom stereocenters. The normalized spacial score (nSPS) is 11.8. The summed E-state index contributed by atoms with van der Waals surface area (Å²) in [6.07, 6.45) is 0. The molecule has 0 aromatic heterocycles. The van der Waals surface area contributed by atoms with E-state index in [4.69, 9.17) is 29.0 Å². The van der Waals surface area contributed by atoms with Crippen LogP contribution in [0.4, 0.5) is 5.69 Å². The minimum Gasteiger partial charge on any atom is -0.323 e. The van der Waals surface area contributed by atoms with E-state index >= 15 is 0 Å². The van der Waals surface area contributed by atoms with Crippen LogP contribution in [0.15, 0.2) is 21.6 Å². The highest BCUT2D eigenvalue weighted by atomic mass is 79.9. The fraction of sp³-hybridized carbons (Fsp3) is 0.364. The lowest BCUT2D eigenvalue weighted by atomic mass is 10.2. The van der Waals surface area contributed by atoms with Crippen LogP contribution in [-0.2, 0) is 0 Å². The van der Waals surface area contributed by atoms with Gasteiger partial charge in [0.1, 0.15) is 0 Å². The second kappa shape index (κ2) is 7.19. The molecule has 0 spiro atoms. The molecule has 0 heterocycles. The first-order valence-electron chi connectivity index (χ1n) is 5.36. The van der Waals surface area contributed by atoms with Crippen molar-refractivity contribution in [2.45, 2.75) is 13.8 Å². The molecule has 4 N–H and O–H groups in total. The molecule has 0 unspecified atom stereocenters. The Morgan fingerprint density at radius 3 is 2.39 bits per heavy atom. The summed E-state index contributed by atoms with van der Waals surface area (Å²) in [6, 6.07) is 3.48. The zero-order chi connectivity index (χ0) is 13.7. The summed E-state index contributed by atoms with van der Waals surface area (Å²) >= 11 is 15.5. The quantitative estimate of drug-likeness (QED) is 0.336. The van der Waals surface area contributed by atoms with Gasteiger partial charge in [-0.05, 0) is 18.1 Å². The molecule has 0 fully saturated rings. The zero-order valence-corrected chi connectivity index (χ0v) is 13.2. The van der Waals surface area contributed by atoms with E-state index in [0.29, 0.717) is 34.2 Å². The number of nitrogens with zero attached hydrogens (tertiary/aromatic N) is 1. The number of guanidine groups is 1. The standard InChI is InChI=1S/C11H15BrCl2N4/c1-6(2)5-16-11(18-15)17-10-8(13)3-7(12)4-9(10)14/h3-4,6H,5,15H2,1-2H3,(H2,16,17,18). The van der Waals surface area contributed by atoms with Gasteiger partial charge in [0.2, 0.25) is 5.96 Å². The summed E-state index contributed by atoms with van der Waals surface area (Å²) in [7, 11) is 0. The van der Waals surface area contributed by atoms with Gasteiger partial charge in [-0.3, -0.25) is 10.4 Å². The second-order valence-corrected chi connectivity index (χ2v) is 5.83. The number of benzene rings is 1. The zero-order valence-electron chi connectivity index (χ0n) is 10.1. The average Bonchev–Trinajstić information content (AvgIpc) is 2.26. The molecule has 1 aromatic carbocycles. The van der Waals surface area contributed by atoms with Crippen molar-refractivity contribution in [3.05, 3.63) is 26.7 Å². The van der Waals surface area contributed by atoms with Crippen molar-refractivity contribution in [2.24, 2.45) is 16.8 Å². The average molecular weight is 354 g/mol. The van der Waals surface area contributed by atoms with E-state index in [-0.39, 0.29) is 0 Å². The Balaban J connectivity index is 2.92. The maximum absolute atomic E-state index is 6.10. The number of nitrogens with two attached hydrogens (primary N) is 1. The maximum atomic E-state index is 6.10. The summed E-state index contributed by atoms with van der Waals surface area (Å²) in [6.45, 7) is 4.78. The Bertz CT molecular complexity index is 426. The Labute approximate surface area is 125 Å². The Morgan fingerprint density at radius 2 is 1.94 bits per heavy atom. The molecule has 0 bridgehead atoms. The van der Waals surface area contributed by atoms with Crippen LogP contribution in [0.5, 0.6) is 0 Å². The topological polar surface area (TPSA) is 62.4 Å². The Kier molecular flexibility index (Phi) is 6.21. The molecule has 0 radical (unpaired) electrons. The lowest BCUT2D eigenvalue weighted by Gasteiger charge is -2.13. The van der Waals surface area contributed by atoms with E-state index in [2.05, 4.69) is 45.5 Å². The monoisotopic (exact) mass is 352 g/mol. The van der Waals surface area contributed by atoms with Crippen LogP contribution in [0.3, 0.4) is 0 Å². The third-order valence-corrected chi connectivity index (χ3v) is 3.06. The van der Waals surface area contributed by atoms with E-state index in [1.165, 1.54) is 0 Å². The molecule has 0 aliphatic heterocycles. The molecule has 0 saturated heterocycles. The summed E-state index contributed by atoms with van der Waals surface area (Å²) in [5.74, 6) is 6.26. The highest BCUT2D eigenvalue weighted by Crippen LogP contribution is 2.33.